The van der Waals surface area contributed by atoms with Gasteiger partial charge in [0.05, 0.1) is 11.5 Å². The van der Waals surface area contributed by atoms with Crippen LogP contribution in [-0.4, -0.2) is 48.8 Å². The van der Waals surface area contributed by atoms with Crippen LogP contribution in [0, 0.1) is 0 Å². The van der Waals surface area contributed by atoms with Gasteiger partial charge in [-0.3, -0.25) is 4.79 Å². The van der Waals surface area contributed by atoms with Crippen molar-refractivity contribution in [1.82, 2.24) is 4.90 Å². The Balaban J connectivity index is 4.64. The van der Waals surface area contributed by atoms with Gasteiger partial charge in [0.2, 0.25) is 5.91 Å². The summed E-state index contributed by atoms with van der Waals surface area (Å²) >= 11 is 4.69. The van der Waals surface area contributed by atoms with Gasteiger partial charge in [-0.05, 0) is 13.8 Å². The molecule has 0 radical (unpaired) electrons. The van der Waals surface area contributed by atoms with Gasteiger partial charge in [-0.1, -0.05) is 12.2 Å². The highest BCUT2D eigenvalue weighted by Crippen LogP contribution is 2.00. The van der Waals surface area contributed by atoms with E-state index in [0.29, 0.717) is 0 Å². The van der Waals surface area contributed by atoms with E-state index < -0.39 is 21.5 Å². The lowest BCUT2D eigenvalue weighted by molar-refractivity contribution is -0.129. The molecule has 0 aromatic carbocycles. The first-order valence-corrected chi connectivity index (χ1v) is 6.86. The second kappa shape index (κ2) is 5.41. The number of hydrogen-bond acceptors (Lipinski definition) is 4. The van der Waals surface area contributed by atoms with Crippen molar-refractivity contribution in [3.63, 3.8) is 0 Å². The SMILES string of the molecule is CC(C)N(CC(N)=S)C(=O)CS(C)(=O)=O. The largest absolute Gasteiger partial charge is 0.392 e. The van der Waals surface area contributed by atoms with E-state index >= 15 is 0 Å². The molecule has 2 N–H and O–H groups in total. The number of thiocarbonyl (C=S) groups is 1. The van der Waals surface area contributed by atoms with E-state index in [4.69, 9.17) is 5.73 Å². The lowest BCUT2D eigenvalue weighted by Gasteiger charge is -2.25. The molecule has 0 aromatic heterocycles. The Bertz CT molecular complexity index is 349. The van der Waals surface area contributed by atoms with E-state index in [1.54, 1.807) is 13.8 Å². The molecule has 0 aromatic rings. The van der Waals surface area contributed by atoms with E-state index in [1.807, 2.05) is 0 Å². The molecule has 0 aliphatic heterocycles. The first-order valence-electron chi connectivity index (χ1n) is 4.39. The van der Waals surface area contributed by atoms with Crippen molar-refractivity contribution in [3.8, 4) is 0 Å². The van der Waals surface area contributed by atoms with Crippen molar-refractivity contribution < 1.29 is 13.2 Å². The van der Waals surface area contributed by atoms with Gasteiger partial charge in [0, 0.05) is 12.3 Å². The Morgan fingerprint density at radius 2 is 1.93 bits per heavy atom. The lowest BCUT2D eigenvalue weighted by Crippen LogP contribution is -2.44. The van der Waals surface area contributed by atoms with E-state index in [-0.39, 0.29) is 17.6 Å². The molecule has 5 nitrogen and oxygen atoms in total. The molecule has 0 aliphatic rings. The normalized spacial score (nSPS) is 11.5. The number of sulfone groups is 1. The summed E-state index contributed by atoms with van der Waals surface area (Å²) in [7, 11) is -3.31. The zero-order valence-corrected chi connectivity index (χ0v) is 10.7. The summed E-state index contributed by atoms with van der Waals surface area (Å²) in [5.41, 5.74) is 5.32. The topological polar surface area (TPSA) is 80.5 Å². The van der Waals surface area contributed by atoms with Crippen LogP contribution in [0.4, 0.5) is 0 Å². The lowest BCUT2D eigenvalue weighted by atomic mass is 10.3. The molecule has 0 unspecified atom stereocenters. The van der Waals surface area contributed by atoms with Crippen LogP contribution in [0.5, 0.6) is 0 Å². The molecule has 0 atom stereocenters. The maximum atomic E-state index is 11.6. The highest BCUT2D eigenvalue weighted by Gasteiger charge is 2.21. The summed E-state index contributed by atoms with van der Waals surface area (Å²) in [5.74, 6) is -0.978. The maximum absolute atomic E-state index is 11.6. The Hall–Kier alpha value is -0.690. The predicted octanol–water partition coefficient (Wildman–Crippen LogP) is -0.446. The summed E-state index contributed by atoms with van der Waals surface area (Å²) in [6, 6.07) is -0.124. The standard InChI is InChI=1S/C8H16N2O3S2/c1-6(2)10(4-7(9)14)8(11)5-15(3,12)13/h6H,4-5H2,1-3H3,(H2,9,14). The van der Waals surface area contributed by atoms with Crippen molar-refractivity contribution in [2.45, 2.75) is 19.9 Å². The van der Waals surface area contributed by atoms with Crippen LogP contribution in [-0.2, 0) is 14.6 Å². The van der Waals surface area contributed by atoms with Crippen LogP contribution in [0.3, 0.4) is 0 Å². The van der Waals surface area contributed by atoms with Crippen LogP contribution in [0.1, 0.15) is 13.8 Å². The van der Waals surface area contributed by atoms with Crippen molar-refractivity contribution >= 4 is 33.0 Å². The smallest absolute Gasteiger partial charge is 0.238 e. The van der Waals surface area contributed by atoms with Gasteiger partial charge in [0.15, 0.2) is 9.84 Å². The summed E-state index contributed by atoms with van der Waals surface area (Å²) < 4.78 is 21.9. The molecule has 0 spiro atoms. The zero-order chi connectivity index (χ0) is 12.2. The number of amides is 1. The second-order valence-electron chi connectivity index (χ2n) is 3.65. The van der Waals surface area contributed by atoms with Crippen molar-refractivity contribution in [2.24, 2.45) is 5.73 Å². The van der Waals surface area contributed by atoms with E-state index in [1.165, 1.54) is 4.90 Å². The van der Waals surface area contributed by atoms with Gasteiger partial charge in [0.25, 0.3) is 0 Å². The summed E-state index contributed by atoms with van der Waals surface area (Å²) in [4.78, 5) is 13.1. The zero-order valence-electron chi connectivity index (χ0n) is 9.06. The summed E-state index contributed by atoms with van der Waals surface area (Å²) in [6.45, 7) is 3.66. The molecule has 1 amide bonds. The monoisotopic (exact) mass is 252 g/mol. The number of hydrogen-bond donors (Lipinski definition) is 1. The number of nitrogens with two attached hydrogens (primary N) is 1. The Kier molecular flexibility index (Phi) is 5.16. The predicted molar refractivity (Wildman–Crippen MR) is 63.3 cm³/mol. The summed E-state index contributed by atoms with van der Waals surface area (Å²) in [5, 5.41) is 0. The Labute approximate surface area is 95.5 Å². The van der Waals surface area contributed by atoms with E-state index in [0.717, 1.165) is 6.26 Å². The number of nitrogens with zero attached hydrogens (tertiary/aromatic N) is 1. The fourth-order valence-corrected chi connectivity index (χ4v) is 1.79. The quantitative estimate of drug-likeness (QED) is 0.671. The highest BCUT2D eigenvalue weighted by molar-refractivity contribution is 7.91. The first kappa shape index (κ1) is 14.3. The van der Waals surface area contributed by atoms with Gasteiger partial charge >= 0.3 is 0 Å². The number of rotatable bonds is 5. The second-order valence-corrected chi connectivity index (χ2v) is 6.32. The average molecular weight is 252 g/mol. The molecule has 0 rings (SSSR count). The van der Waals surface area contributed by atoms with Crippen LogP contribution < -0.4 is 5.73 Å². The van der Waals surface area contributed by atoms with Crippen molar-refractivity contribution in [3.05, 3.63) is 0 Å². The van der Waals surface area contributed by atoms with Gasteiger partial charge in [-0.15, -0.1) is 0 Å². The number of carbonyl (C=O) groups excluding carboxylic acids is 1. The first-order chi connectivity index (χ1) is 6.63. The van der Waals surface area contributed by atoms with Gasteiger partial charge in [-0.2, -0.15) is 0 Å². The molecule has 88 valence electrons. The molecular weight excluding hydrogens is 236 g/mol. The minimum Gasteiger partial charge on any atom is -0.392 e. The van der Waals surface area contributed by atoms with Gasteiger partial charge in [0.1, 0.15) is 5.75 Å². The molecule has 0 saturated heterocycles. The third-order valence-corrected chi connectivity index (χ3v) is 2.56. The molecule has 0 fully saturated rings. The van der Waals surface area contributed by atoms with Crippen molar-refractivity contribution in [1.29, 1.82) is 0 Å². The van der Waals surface area contributed by atoms with E-state index in [9.17, 15) is 13.2 Å². The van der Waals surface area contributed by atoms with Crippen LogP contribution in [0.25, 0.3) is 0 Å². The molecule has 15 heavy (non-hydrogen) atoms. The van der Waals surface area contributed by atoms with E-state index in [2.05, 4.69) is 12.2 Å². The van der Waals surface area contributed by atoms with Crippen molar-refractivity contribution in [2.75, 3.05) is 18.6 Å². The molecule has 0 bridgehead atoms. The fraction of sp³-hybridized carbons (Fsp3) is 0.750. The van der Waals surface area contributed by atoms with Gasteiger partial charge in [-0.25, -0.2) is 8.42 Å². The van der Waals surface area contributed by atoms with Gasteiger partial charge < -0.3 is 10.6 Å². The van der Waals surface area contributed by atoms with Crippen LogP contribution in [0.2, 0.25) is 0 Å². The molecular formula is C8H16N2O3S2. The molecule has 7 heteroatoms. The van der Waals surface area contributed by atoms with Crippen LogP contribution in [0.15, 0.2) is 0 Å². The van der Waals surface area contributed by atoms with Crippen LogP contribution >= 0.6 is 12.2 Å². The molecule has 0 aliphatic carbocycles. The third kappa shape index (κ3) is 6.40. The Morgan fingerprint density at radius 1 is 1.47 bits per heavy atom. The third-order valence-electron chi connectivity index (χ3n) is 1.66. The molecule has 0 heterocycles. The minimum absolute atomic E-state index is 0.112. The molecule has 0 saturated carbocycles. The highest BCUT2D eigenvalue weighted by atomic mass is 32.2. The minimum atomic E-state index is -3.31. The fourth-order valence-electron chi connectivity index (χ4n) is 1.03. The number of carbonyl (C=O) groups is 1. The summed E-state index contributed by atoms with van der Waals surface area (Å²) in [6.07, 6.45) is 1.02. The average Bonchev–Trinajstić information content (AvgIpc) is 1.95. The Morgan fingerprint density at radius 3 is 2.20 bits per heavy atom. The maximum Gasteiger partial charge on any atom is 0.238 e.